The molecule has 0 spiro atoms. The Labute approximate surface area is 96.3 Å². The zero-order chi connectivity index (χ0) is 10.3. The molecule has 1 N–H and O–H groups in total. The van der Waals surface area contributed by atoms with Crippen molar-refractivity contribution in [2.45, 2.75) is 25.8 Å². The largest absolute Gasteiger partial charge is 0.311 e. The van der Waals surface area contributed by atoms with Crippen LogP contribution in [0.2, 0.25) is 0 Å². The molecule has 0 bridgehead atoms. The topological polar surface area (TPSA) is 15.3 Å². The fraction of sp³-hybridized carbons (Fsp3) is 0.667. The first kappa shape index (κ1) is 11.1. The van der Waals surface area contributed by atoms with Crippen molar-refractivity contribution in [3.05, 3.63) is 22.4 Å². The molecule has 0 radical (unpaired) electrons. The first-order chi connectivity index (χ1) is 7.45. The minimum atomic E-state index is 1.03. The quantitative estimate of drug-likeness (QED) is 0.772. The molecule has 0 aromatic carbocycles. The maximum atomic E-state index is 3.50. The summed E-state index contributed by atoms with van der Waals surface area (Å²) < 4.78 is 0. The van der Waals surface area contributed by atoms with Gasteiger partial charge in [0.25, 0.3) is 0 Å². The normalized spacial score (nSPS) is 18.1. The predicted molar refractivity (Wildman–Crippen MR) is 66.3 cm³/mol. The number of nitrogens with one attached hydrogen (secondary N) is 1. The molecule has 1 aromatic rings. The van der Waals surface area contributed by atoms with E-state index in [2.05, 4.69) is 27.0 Å². The van der Waals surface area contributed by atoms with Crippen molar-refractivity contribution in [3.63, 3.8) is 0 Å². The van der Waals surface area contributed by atoms with Gasteiger partial charge in [0.1, 0.15) is 0 Å². The first-order valence-electron chi connectivity index (χ1n) is 5.89. The van der Waals surface area contributed by atoms with Crippen molar-refractivity contribution in [1.29, 1.82) is 0 Å². The molecule has 0 amide bonds. The first-order valence-corrected chi connectivity index (χ1v) is 6.83. The molecule has 0 atom stereocenters. The summed E-state index contributed by atoms with van der Waals surface area (Å²) in [4.78, 5) is 2.57. The zero-order valence-electron chi connectivity index (χ0n) is 9.24. The lowest BCUT2D eigenvalue weighted by Gasteiger charge is -2.26. The Balaban J connectivity index is 1.54. The molecule has 3 heteroatoms. The molecular formula is C12H20N2S. The SMILES string of the molecule is c1cc(CNCCN2CCCCC2)cs1. The van der Waals surface area contributed by atoms with Crippen LogP contribution in [0.15, 0.2) is 16.8 Å². The van der Waals surface area contributed by atoms with Crippen LogP contribution in [0.4, 0.5) is 0 Å². The summed E-state index contributed by atoms with van der Waals surface area (Å²) in [5.74, 6) is 0. The highest BCUT2D eigenvalue weighted by atomic mass is 32.1. The van der Waals surface area contributed by atoms with Crippen LogP contribution in [-0.4, -0.2) is 31.1 Å². The van der Waals surface area contributed by atoms with Crippen LogP contribution in [0.1, 0.15) is 24.8 Å². The second kappa shape index (κ2) is 6.26. The fourth-order valence-electron chi connectivity index (χ4n) is 2.05. The van der Waals surface area contributed by atoms with Crippen LogP contribution in [0.5, 0.6) is 0 Å². The molecule has 1 aliphatic heterocycles. The van der Waals surface area contributed by atoms with Gasteiger partial charge in [-0.25, -0.2) is 0 Å². The van der Waals surface area contributed by atoms with Crippen LogP contribution in [0, 0.1) is 0 Å². The maximum absolute atomic E-state index is 3.50. The molecule has 0 saturated carbocycles. The van der Waals surface area contributed by atoms with Crippen LogP contribution in [0.25, 0.3) is 0 Å². The Bertz CT molecular complexity index is 253. The lowest BCUT2D eigenvalue weighted by Crippen LogP contribution is -2.35. The highest BCUT2D eigenvalue weighted by molar-refractivity contribution is 7.07. The third-order valence-corrected chi connectivity index (χ3v) is 3.69. The van der Waals surface area contributed by atoms with Gasteiger partial charge in [-0.05, 0) is 48.3 Å². The molecule has 84 valence electrons. The van der Waals surface area contributed by atoms with Gasteiger partial charge in [-0.15, -0.1) is 0 Å². The summed E-state index contributed by atoms with van der Waals surface area (Å²) in [7, 11) is 0. The predicted octanol–water partition coefficient (Wildman–Crippen LogP) is 2.32. The van der Waals surface area contributed by atoms with Crippen molar-refractivity contribution in [3.8, 4) is 0 Å². The average Bonchev–Trinajstić information content (AvgIpc) is 2.79. The van der Waals surface area contributed by atoms with Crippen LogP contribution < -0.4 is 5.32 Å². The van der Waals surface area contributed by atoms with Crippen LogP contribution in [-0.2, 0) is 6.54 Å². The highest BCUT2D eigenvalue weighted by Gasteiger charge is 2.08. The number of likely N-dealkylation sites (tertiary alicyclic amines) is 1. The van der Waals surface area contributed by atoms with E-state index in [0.717, 1.165) is 13.1 Å². The smallest absolute Gasteiger partial charge is 0.0214 e. The number of hydrogen-bond acceptors (Lipinski definition) is 3. The lowest BCUT2D eigenvalue weighted by atomic mass is 10.1. The fourth-order valence-corrected chi connectivity index (χ4v) is 2.71. The number of thiophene rings is 1. The molecule has 1 fully saturated rings. The van der Waals surface area contributed by atoms with Crippen LogP contribution >= 0.6 is 11.3 Å². The summed E-state index contributed by atoms with van der Waals surface area (Å²) >= 11 is 1.78. The molecule has 0 unspecified atom stereocenters. The monoisotopic (exact) mass is 224 g/mol. The van der Waals surface area contributed by atoms with Crippen LogP contribution in [0.3, 0.4) is 0 Å². The second-order valence-corrected chi connectivity index (χ2v) is 4.99. The van der Waals surface area contributed by atoms with E-state index in [9.17, 15) is 0 Å². The van der Waals surface area contributed by atoms with Gasteiger partial charge in [-0.3, -0.25) is 0 Å². The lowest BCUT2D eigenvalue weighted by molar-refractivity contribution is 0.229. The van der Waals surface area contributed by atoms with Gasteiger partial charge >= 0.3 is 0 Å². The van der Waals surface area contributed by atoms with Crippen molar-refractivity contribution in [1.82, 2.24) is 10.2 Å². The number of rotatable bonds is 5. The number of piperidine rings is 1. The van der Waals surface area contributed by atoms with E-state index in [0.29, 0.717) is 0 Å². The summed E-state index contributed by atoms with van der Waals surface area (Å²) in [6.07, 6.45) is 4.22. The van der Waals surface area contributed by atoms with Gasteiger partial charge in [0.2, 0.25) is 0 Å². The summed E-state index contributed by atoms with van der Waals surface area (Å²) in [6, 6.07) is 2.19. The summed E-state index contributed by atoms with van der Waals surface area (Å²) in [6.45, 7) is 5.97. The van der Waals surface area contributed by atoms with Gasteiger partial charge in [0.05, 0.1) is 0 Å². The standard InChI is InChI=1S/C12H20N2S/c1-2-6-14(7-3-1)8-5-13-10-12-4-9-15-11-12/h4,9,11,13H,1-3,5-8,10H2. The van der Waals surface area contributed by atoms with E-state index in [1.807, 2.05) is 0 Å². The molecule has 0 aliphatic carbocycles. The molecule has 2 heterocycles. The second-order valence-electron chi connectivity index (χ2n) is 4.21. The Morgan fingerprint density at radius 2 is 2.13 bits per heavy atom. The molecule has 1 saturated heterocycles. The molecular weight excluding hydrogens is 204 g/mol. The zero-order valence-corrected chi connectivity index (χ0v) is 10.1. The van der Waals surface area contributed by atoms with Gasteiger partial charge in [0, 0.05) is 19.6 Å². The van der Waals surface area contributed by atoms with E-state index in [1.165, 1.54) is 44.5 Å². The van der Waals surface area contributed by atoms with Gasteiger partial charge in [-0.2, -0.15) is 11.3 Å². The van der Waals surface area contributed by atoms with Crippen molar-refractivity contribution < 1.29 is 0 Å². The third-order valence-electron chi connectivity index (χ3n) is 2.96. The van der Waals surface area contributed by atoms with Crippen molar-refractivity contribution in [2.75, 3.05) is 26.2 Å². The molecule has 2 nitrogen and oxygen atoms in total. The Morgan fingerprint density at radius 1 is 1.27 bits per heavy atom. The minimum absolute atomic E-state index is 1.03. The maximum Gasteiger partial charge on any atom is 0.0214 e. The third kappa shape index (κ3) is 3.93. The molecule has 15 heavy (non-hydrogen) atoms. The van der Waals surface area contributed by atoms with Crippen molar-refractivity contribution >= 4 is 11.3 Å². The van der Waals surface area contributed by atoms with E-state index in [4.69, 9.17) is 0 Å². The molecule has 1 aliphatic rings. The Hall–Kier alpha value is -0.380. The minimum Gasteiger partial charge on any atom is -0.311 e. The van der Waals surface area contributed by atoms with E-state index in [1.54, 1.807) is 11.3 Å². The van der Waals surface area contributed by atoms with Crippen molar-refractivity contribution in [2.24, 2.45) is 0 Å². The average molecular weight is 224 g/mol. The summed E-state index contributed by atoms with van der Waals surface area (Å²) in [5, 5.41) is 7.86. The van der Waals surface area contributed by atoms with Gasteiger partial charge < -0.3 is 10.2 Å². The Morgan fingerprint density at radius 3 is 2.87 bits per heavy atom. The highest BCUT2D eigenvalue weighted by Crippen LogP contribution is 2.07. The van der Waals surface area contributed by atoms with E-state index in [-0.39, 0.29) is 0 Å². The van der Waals surface area contributed by atoms with E-state index < -0.39 is 0 Å². The number of hydrogen-bond donors (Lipinski definition) is 1. The molecule has 2 rings (SSSR count). The Kier molecular flexibility index (Phi) is 4.64. The summed E-state index contributed by atoms with van der Waals surface area (Å²) in [5.41, 5.74) is 1.42. The van der Waals surface area contributed by atoms with Gasteiger partial charge in [-0.1, -0.05) is 6.42 Å². The van der Waals surface area contributed by atoms with E-state index >= 15 is 0 Å². The van der Waals surface area contributed by atoms with Gasteiger partial charge in [0.15, 0.2) is 0 Å². The number of nitrogens with zero attached hydrogens (tertiary/aromatic N) is 1. The molecule has 1 aromatic heterocycles.